The van der Waals surface area contributed by atoms with Gasteiger partial charge in [0.15, 0.2) is 0 Å². The van der Waals surface area contributed by atoms with Gasteiger partial charge in [-0.25, -0.2) is 8.42 Å². The molecule has 0 aromatic heterocycles. The summed E-state index contributed by atoms with van der Waals surface area (Å²) in [6.07, 6.45) is 0.229. The lowest BCUT2D eigenvalue weighted by molar-refractivity contribution is 0.261. The molecule has 7 nitrogen and oxygen atoms in total. The normalized spacial score (nSPS) is 28.9. The Hall–Kier alpha value is -1.60. The Kier molecular flexibility index (Phi) is 4.10. The van der Waals surface area contributed by atoms with Gasteiger partial charge >= 0.3 is 0 Å². The van der Waals surface area contributed by atoms with Crippen LogP contribution in [0, 0.1) is 12.8 Å². The third kappa shape index (κ3) is 2.70. The summed E-state index contributed by atoms with van der Waals surface area (Å²) in [4.78, 5) is 5.37. The van der Waals surface area contributed by atoms with Gasteiger partial charge in [0.05, 0.1) is 4.90 Å². The van der Waals surface area contributed by atoms with Crippen molar-refractivity contribution in [1.29, 1.82) is 0 Å². The second-order valence-electron chi connectivity index (χ2n) is 5.90. The van der Waals surface area contributed by atoms with Crippen LogP contribution in [0.1, 0.15) is 12.0 Å². The number of azide groups is 1. The van der Waals surface area contributed by atoms with Crippen molar-refractivity contribution in [1.82, 2.24) is 9.21 Å². The Morgan fingerprint density at radius 1 is 1.23 bits per heavy atom. The highest BCUT2D eigenvalue weighted by molar-refractivity contribution is 7.89. The van der Waals surface area contributed by atoms with E-state index in [1.54, 1.807) is 24.3 Å². The number of aryl methyl sites for hydroxylation is 1. The summed E-state index contributed by atoms with van der Waals surface area (Å²) >= 11 is 0. The molecule has 2 aliphatic heterocycles. The molecule has 2 bridgehead atoms. The third-order valence-electron chi connectivity index (χ3n) is 4.46. The molecule has 2 saturated heterocycles. The van der Waals surface area contributed by atoms with Gasteiger partial charge < -0.3 is 4.90 Å². The fourth-order valence-electron chi connectivity index (χ4n) is 3.23. The summed E-state index contributed by atoms with van der Waals surface area (Å²) in [6, 6.07) is 6.79. The number of benzene rings is 1. The zero-order chi connectivity index (χ0) is 15.7. The highest BCUT2D eigenvalue weighted by atomic mass is 32.2. The number of rotatable bonds is 3. The minimum Gasteiger partial charge on any atom is -0.302 e. The van der Waals surface area contributed by atoms with E-state index >= 15 is 0 Å². The van der Waals surface area contributed by atoms with E-state index < -0.39 is 16.2 Å². The molecule has 2 aliphatic rings. The SMILES string of the molecule is Cc1ccc(S(=O)(=O)N2CCN3CC[C@H](C3)[C@@H]2N=[N+]=[N-])cc1. The third-order valence-corrected chi connectivity index (χ3v) is 6.34. The fourth-order valence-corrected chi connectivity index (χ4v) is 4.80. The summed E-state index contributed by atoms with van der Waals surface area (Å²) < 4.78 is 27.3. The van der Waals surface area contributed by atoms with Crippen molar-refractivity contribution in [2.24, 2.45) is 11.0 Å². The maximum absolute atomic E-state index is 12.9. The van der Waals surface area contributed by atoms with E-state index in [9.17, 15) is 8.42 Å². The zero-order valence-electron chi connectivity index (χ0n) is 12.5. The van der Waals surface area contributed by atoms with E-state index in [0.29, 0.717) is 13.1 Å². The largest absolute Gasteiger partial charge is 0.302 e. The van der Waals surface area contributed by atoms with Gasteiger partial charge in [-0.05, 0) is 43.5 Å². The summed E-state index contributed by atoms with van der Waals surface area (Å²) in [6.45, 7) is 4.69. The van der Waals surface area contributed by atoms with Crippen LogP contribution in [0.3, 0.4) is 0 Å². The molecule has 1 aromatic rings. The van der Waals surface area contributed by atoms with Gasteiger partial charge in [0.1, 0.15) is 6.17 Å². The topological polar surface area (TPSA) is 89.4 Å². The molecule has 1 aromatic carbocycles. The fraction of sp³-hybridized carbons (Fsp3) is 0.571. The number of nitrogens with zero attached hydrogens (tertiary/aromatic N) is 5. The van der Waals surface area contributed by atoms with Crippen LogP contribution in [0.5, 0.6) is 0 Å². The first-order valence-electron chi connectivity index (χ1n) is 7.37. The lowest BCUT2D eigenvalue weighted by atomic mass is 10.1. The number of hydrogen-bond acceptors (Lipinski definition) is 4. The Bertz CT molecular complexity index is 696. The van der Waals surface area contributed by atoms with Crippen LogP contribution in [0.25, 0.3) is 10.4 Å². The molecule has 2 fully saturated rings. The van der Waals surface area contributed by atoms with Crippen LogP contribution >= 0.6 is 0 Å². The molecular weight excluding hydrogens is 302 g/mol. The summed E-state index contributed by atoms with van der Waals surface area (Å²) in [5.74, 6) is 0.0682. The van der Waals surface area contributed by atoms with Gasteiger partial charge in [0, 0.05) is 24.5 Å². The van der Waals surface area contributed by atoms with Crippen LogP contribution in [0.2, 0.25) is 0 Å². The highest BCUT2D eigenvalue weighted by Crippen LogP contribution is 2.31. The molecule has 0 spiro atoms. The molecule has 118 valence electrons. The van der Waals surface area contributed by atoms with Crippen molar-refractivity contribution in [3.8, 4) is 0 Å². The van der Waals surface area contributed by atoms with Crippen molar-refractivity contribution in [3.05, 3.63) is 40.3 Å². The first kappa shape index (κ1) is 15.3. The van der Waals surface area contributed by atoms with E-state index in [2.05, 4.69) is 14.9 Å². The lowest BCUT2D eigenvalue weighted by Gasteiger charge is -2.30. The van der Waals surface area contributed by atoms with Gasteiger partial charge in [-0.15, -0.1) is 0 Å². The molecular formula is C14H19N5O2S. The predicted octanol–water partition coefficient (Wildman–Crippen LogP) is 1.96. The first-order chi connectivity index (χ1) is 10.5. The maximum atomic E-state index is 12.9. The molecule has 0 saturated carbocycles. The Morgan fingerprint density at radius 3 is 2.64 bits per heavy atom. The van der Waals surface area contributed by atoms with Crippen molar-refractivity contribution < 1.29 is 8.42 Å². The van der Waals surface area contributed by atoms with Crippen LogP contribution in [-0.2, 0) is 10.0 Å². The number of hydrogen-bond donors (Lipinski definition) is 0. The zero-order valence-corrected chi connectivity index (χ0v) is 13.3. The quantitative estimate of drug-likeness (QED) is 0.484. The van der Waals surface area contributed by atoms with Crippen LogP contribution in [-0.4, -0.2) is 50.0 Å². The smallest absolute Gasteiger partial charge is 0.243 e. The highest BCUT2D eigenvalue weighted by Gasteiger charge is 2.41. The molecule has 0 aliphatic carbocycles. The standard InChI is InChI=1S/C14H19N5O2S/c1-11-2-4-13(5-3-11)22(20,21)19-9-8-18-7-6-12(10-18)14(19)16-17-15/h2-5,12,14H,6-10H2,1H3/t12-,14-/m1/s1. The Labute approximate surface area is 130 Å². The molecule has 0 amide bonds. The number of sulfonamides is 1. The molecule has 2 heterocycles. The molecule has 0 N–H and O–H groups in total. The summed E-state index contributed by atoms with van der Waals surface area (Å²) in [5, 5.41) is 3.81. The minimum absolute atomic E-state index is 0.0682. The van der Waals surface area contributed by atoms with Crippen molar-refractivity contribution in [3.63, 3.8) is 0 Å². The van der Waals surface area contributed by atoms with Crippen molar-refractivity contribution in [2.75, 3.05) is 26.2 Å². The molecule has 3 rings (SSSR count). The minimum atomic E-state index is -3.65. The molecule has 8 heteroatoms. The molecule has 3 atom stereocenters. The predicted molar refractivity (Wildman–Crippen MR) is 82.6 cm³/mol. The second kappa shape index (κ2) is 5.89. The molecule has 22 heavy (non-hydrogen) atoms. The second-order valence-corrected chi connectivity index (χ2v) is 7.79. The molecule has 1 unspecified atom stereocenters. The monoisotopic (exact) mass is 321 g/mol. The summed E-state index contributed by atoms with van der Waals surface area (Å²) in [5.41, 5.74) is 9.86. The molecule has 0 radical (unpaired) electrons. The Balaban J connectivity index is 1.99. The van der Waals surface area contributed by atoms with Gasteiger partial charge in [-0.3, -0.25) is 0 Å². The van der Waals surface area contributed by atoms with E-state index in [0.717, 1.165) is 25.1 Å². The van der Waals surface area contributed by atoms with Gasteiger partial charge in [0.25, 0.3) is 0 Å². The van der Waals surface area contributed by atoms with Gasteiger partial charge in [-0.2, -0.15) is 4.31 Å². The van der Waals surface area contributed by atoms with E-state index in [1.165, 1.54) is 4.31 Å². The number of fused-ring (bicyclic) bond motifs is 2. The summed E-state index contributed by atoms with van der Waals surface area (Å²) in [7, 11) is -3.65. The van der Waals surface area contributed by atoms with Gasteiger partial charge in [0.2, 0.25) is 10.0 Å². The van der Waals surface area contributed by atoms with Crippen molar-refractivity contribution >= 4 is 10.0 Å². The van der Waals surface area contributed by atoms with Crippen LogP contribution in [0.4, 0.5) is 0 Å². The average Bonchev–Trinajstić information content (AvgIpc) is 2.86. The van der Waals surface area contributed by atoms with Crippen LogP contribution < -0.4 is 0 Å². The van der Waals surface area contributed by atoms with Gasteiger partial charge in [-0.1, -0.05) is 22.8 Å². The van der Waals surface area contributed by atoms with Crippen LogP contribution in [0.15, 0.2) is 34.3 Å². The maximum Gasteiger partial charge on any atom is 0.243 e. The lowest BCUT2D eigenvalue weighted by Crippen LogP contribution is -2.44. The van der Waals surface area contributed by atoms with E-state index in [-0.39, 0.29) is 10.8 Å². The Morgan fingerprint density at radius 2 is 1.95 bits per heavy atom. The van der Waals surface area contributed by atoms with E-state index in [1.807, 2.05) is 6.92 Å². The van der Waals surface area contributed by atoms with Crippen molar-refractivity contribution in [2.45, 2.75) is 24.4 Å². The first-order valence-corrected chi connectivity index (χ1v) is 8.81. The average molecular weight is 321 g/mol. The van der Waals surface area contributed by atoms with E-state index in [4.69, 9.17) is 5.53 Å².